The molecule has 0 aliphatic rings. The molecule has 4 nitrogen and oxygen atoms in total. The lowest BCUT2D eigenvalue weighted by Crippen LogP contribution is -2.27. The van der Waals surface area contributed by atoms with Crippen molar-refractivity contribution in [2.45, 2.75) is 6.42 Å². The van der Waals surface area contributed by atoms with Gasteiger partial charge < -0.3 is 15.4 Å². The normalized spacial score (nSPS) is 10.2. The standard InChI is InChI=1S/C7H16N2O2/c1-9(6-4-8)5-3-7(10)11-2/h3-6,8H2,1-2H3. The number of ether oxygens (including phenoxy) is 1. The van der Waals surface area contributed by atoms with E-state index in [0.717, 1.165) is 6.54 Å². The highest BCUT2D eigenvalue weighted by atomic mass is 16.5. The summed E-state index contributed by atoms with van der Waals surface area (Å²) < 4.78 is 4.48. The maximum atomic E-state index is 10.6. The first-order chi connectivity index (χ1) is 5.20. The molecular weight excluding hydrogens is 144 g/mol. The monoisotopic (exact) mass is 160 g/mol. The molecule has 0 aliphatic heterocycles. The van der Waals surface area contributed by atoms with Crippen LogP contribution in [-0.2, 0) is 9.53 Å². The zero-order valence-corrected chi connectivity index (χ0v) is 7.17. The molecule has 0 bridgehead atoms. The van der Waals surface area contributed by atoms with Gasteiger partial charge in [0.05, 0.1) is 13.5 Å². The second-order valence-corrected chi connectivity index (χ2v) is 2.42. The Labute approximate surface area is 67.3 Å². The van der Waals surface area contributed by atoms with Gasteiger partial charge >= 0.3 is 5.97 Å². The van der Waals surface area contributed by atoms with Crippen LogP contribution in [0, 0.1) is 0 Å². The summed E-state index contributed by atoms with van der Waals surface area (Å²) in [6.07, 6.45) is 0.438. The van der Waals surface area contributed by atoms with Crippen LogP contribution in [0.3, 0.4) is 0 Å². The number of hydrogen-bond donors (Lipinski definition) is 1. The first-order valence-corrected chi connectivity index (χ1v) is 3.66. The van der Waals surface area contributed by atoms with Gasteiger partial charge in [-0.2, -0.15) is 0 Å². The lowest BCUT2D eigenvalue weighted by Gasteiger charge is -2.13. The van der Waals surface area contributed by atoms with Crippen LogP contribution in [0.25, 0.3) is 0 Å². The molecule has 0 rings (SSSR count). The molecule has 0 amide bonds. The number of nitrogens with two attached hydrogens (primary N) is 1. The van der Waals surface area contributed by atoms with E-state index in [1.807, 2.05) is 11.9 Å². The van der Waals surface area contributed by atoms with Crippen LogP contribution in [0.2, 0.25) is 0 Å². The summed E-state index contributed by atoms with van der Waals surface area (Å²) in [5.74, 6) is -0.172. The van der Waals surface area contributed by atoms with Crippen LogP contribution < -0.4 is 5.73 Å². The van der Waals surface area contributed by atoms with Crippen LogP contribution in [0.1, 0.15) is 6.42 Å². The minimum atomic E-state index is -0.172. The Balaban J connectivity index is 3.29. The largest absolute Gasteiger partial charge is 0.469 e. The molecule has 66 valence electrons. The Morgan fingerprint density at radius 3 is 2.64 bits per heavy atom. The van der Waals surface area contributed by atoms with Crippen LogP contribution in [0.5, 0.6) is 0 Å². The molecule has 0 aromatic heterocycles. The Morgan fingerprint density at radius 1 is 1.55 bits per heavy atom. The predicted octanol–water partition coefficient (Wildman–Crippen LogP) is -0.560. The Kier molecular flexibility index (Phi) is 5.78. The second kappa shape index (κ2) is 6.12. The van der Waals surface area contributed by atoms with Gasteiger partial charge in [-0.1, -0.05) is 0 Å². The quantitative estimate of drug-likeness (QED) is 0.548. The molecule has 2 N–H and O–H groups in total. The van der Waals surface area contributed by atoms with Crippen LogP contribution >= 0.6 is 0 Å². The molecule has 0 aromatic carbocycles. The average Bonchev–Trinajstić information content (AvgIpc) is 2.01. The summed E-state index contributed by atoms with van der Waals surface area (Å²) in [4.78, 5) is 12.6. The summed E-state index contributed by atoms with van der Waals surface area (Å²) in [7, 11) is 3.32. The summed E-state index contributed by atoms with van der Waals surface area (Å²) in [5, 5.41) is 0. The first-order valence-electron chi connectivity index (χ1n) is 3.66. The summed E-state index contributed by atoms with van der Waals surface area (Å²) in [6, 6.07) is 0. The molecule has 0 radical (unpaired) electrons. The highest BCUT2D eigenvalue weighted by molar-refractivity contribution is 5.69. The topological polar surface area (TPSA) is 55.6 Å². The molecule has 0 saturated heterocycles. The van der Waals surface area contributed by atoms with E-state index in [1.54, 1.807) is 0 Å². The van der Waals surface area contributed by atoms with E-state index in [2.05, 4.69) is 4.74 Å². The van der Waals surface area contributed by atoms with Crippen molar-refractivity contribution in [3.05, 3.63) is 0 Å². The van der Waals surface area contributed by atoms with Gasteiger partial charge in [-0.3, -0.25) is 4.79 Å². The lowest BCUT2D eigenvalue weighted by molar-refractivity contribution is -0.140. The highest BCUT2D eigenvalue weighted by Crippen LogP contribution is 1.88. The third-order valence-corrected chi connectivity index (χ3v) is 1.44. The van der Waals surface area contributed by atoms with Crippen molar-refractivity contribution >= 4 is 5.97 Å². The van der Waals surface area contributed by atoms with Crippen molar-refractivity contribution in [3.63, 3.8) is 0 Å². The Morgan fingerprint density at radius 2 is 2.18 bits per heavy atom. The molecule has 0 atom stereocenters. The van der Waals surface area contributed by atoms with E-state index in [1.165, 1.54) is 7.11 Å². The highest BCUT2D eigenvalue weighted by Gasteiger charge is 2.02. The molecule has 0 aromatic rings. The number of methoxy groups -OCH3 is 1. The van der Waals surface area contributed by atoms with Crippen molar-refractivity contribution in [1.29, 1.82) is 0 Å². The van der Waals surface area contributed by atoms with Gasteiger partial charge in [-0.25, -0.2) is 0 Å². The van der Waals surface area contributed by atoms with Crippen LogP contribution in [0.4, 0.5) is 0 Å². The minimum Gasteiger partial charge on any atom is -0.469 e. The van der Waals surface area contributed by atoms with Crippen molar-refractivity contribution in [2.24, 2.45) is 5.73 Å². The Hall–Kier alpha value is -0.610. The van der Waals surface area contributed by atoms with Gasteiger partial charge in [0.25, 0.3) is 0 Å². The van der Waals surface area contributed by atoms with Gasteiger partial charge in [0, 0.05) is 19.6 Å². The van der Waals surface area contributed by atoms with Gasteiger partial charge in [0.2, 0.25) is 0 Å². The predicted molar refractivity (Wildman–Crippen MR) is 43.2 cm³/mol. The number of carbonyl (C=O) groups is 1. The lowest BCUT2D eigenvalue weighted by atomic mass is 10.4. The number of hydrogen-bond acceptors (Lipinski definition) is 4. The second-order valence-electron chi connectivity index (χ2n) is 2.42. The van der Waals surface area contributed by atoms with E-state index in [9.17, 15) is 4.79 Å². The summed E-state index contributed by atoms with van der Waals surface area (Å²) in [5.41, 5.74) is 5.31. The molecule has 0 aliphatic carbocycles. The number of esters is 1. The average molecular weight is 160 g/mol. The third kappa shape index (κ3) is 5.82. The van der Waals surface area contributed by atoms with Gasteiger partial charge in [-0.05, 0) is 7.05 Å². The zero-order valence-electron chi connectivity index (χ0n) is 7.17. The maximum absolute atomic E-state index is 10.6. The fourth-order valence-corrected chi connectivity index (χ4v) is 0.716. The third-order valence-electron chi connectivity index (χ3n) is 1.44. The van der Waals surface area contributed by atoms with Gasteiger partial charge in [-0.15, -0.1) is 0 Å². The minimum absolute atomic E-state index is 0.172. The smallest absolute Gasteiger partial charge is 0.306 e. The van der Waals surface area contributed by atoms with Crippen molar-refractivity contribution in [1.82, 2.24) is 4.90 Å². The molecule has 0 unspecified atom stereocenters. The fourth-order valence-electron chi connectivity index (χ4n) is 0.716. The van der Waals surface area contributed by atoms with Crippen molar-refractivity contribution < 1.29 is 9.53 Å². The molecule has 4 heteroatoms. The van der Waals surface area contributed by atoms with E-state index >= 15 is 0 Å². The van der Waals surface area contributed by atoms with Crippen molar-refractivity contribution in [3.8, 4) is 0 Å². The number of likely N-dealkylation sites (N-methyl/N-ethyl adjacent to an activating group) is 1. The molecule has 0 saturated carbocycles. The molecular formula is C7H16N2O2. The molecule has 0 spiro atoms. The number of rotatable bonds is 5. The van der Waals surface area contributed by atoms with Crippen molar-refractivity contribution in [2.75, 3.05) is 33.8 Å². The number of nitrogens with zero attached hydrogens (tertiary/aromatic N) is 1. The van der Waals surface area contributed by atoms with E-state index in [-0.39, 0.29) is 5.97 Å². The molecule has 0 fully saturated rings. The molecule has 0 heterocycles. The maximum Gasteiger partial charge on any atom is 0.306 e. The zero-order chi connectivity index (χ0) is 8.69. The van der Waals surface area contributed by atoms with E-state index < -0.39 is 0 Å². The van der Waals surface area contributed by atoms with Crippen LogP contribution in [-0.4, -0.2) is 44.7 Å². The number of carbonyl (C=O) groups excluding carboxylic acids is 1. The fraction of sp³-hybridized carbons (Fsp3) is 0.857. The van der Waals surface area contributed by atoms with Crippen LogP contribution in [0.15, 0.2) is 0 Å². The van der Waals surface area contributed by atoms with E-state index in [0.29, 0.717) is 19.5 Å². The summed E-state index contributed by atoms with van der Waals surface area (Å²) in [6.45, 7) is 2.15. The summed E-state index contributed by atoms with van der Waals surface area (Å²) >= 11 is 0. The van der Waals surface area contributed by atoms with Gasteiger partial charge in [0.1, 0.15) is 0 Å². The first kappa shape index (κ1) is 10.4. The Bertz CT molecular complexity index is 117. The SMILES string of the molecule is COC(=O)CCN(C)CCN. The molecule has 11 heavy (non-hydrogen) atoms. The van der Waals surface area contributed by atoms with Gasteiger partial charge in [0.15, 0.2) is 0 Å². The van der Waals surface area contributed by atoms with E-state index in [4.69, 9.17) is 5.73 Å².